The van der Waals surface area contributed by atoms with E-state index in [1.165, 1.54) is 0 Å². The Kier molecular flexibility index (Phi) is 4.24. The molecule has 1 aliphatic heterocycles. The molecule has 0 fully saturated rings. The van der Waals surface area contributed by atoms with Gasteiger partial charge in [-0.3, -0.25) is 4.18 Å². The molecule has 0 N–H and O–H groups in total. The molecule has 3 aromatic carbocycles. The van der Waals surface area contributed by atoms with E-state index in [1.54, 1.807) is 12.1 Å². The second-order valence-corrected chi connectivity index (χ2v) is 9.67. The molecule has 3 aromatic rings. The predicted octanol–water partition coefficient (Wildman–Crippen LogP) is 4.90. The van der Waals surface area contributed by atoms with Crippen molar-refractivity contribution in [3.8, 4) is 11.5 Å². The van der Waals surface area contributed by atoms with Gasteiger partial charge in [-0.1, -0.05) is 42.5 Å². The molecule has 0 aliphatic carbocycles. The number of para-hydroxylation sites is 2. The Bertz CT molecular complexity index is 1000. The van der Waals surface area contributed by atoms with Gasteiger partial charge in [0.05, 0.1) is 16.9 Å². The molecular formula is C19H16O5S2. The summed E-state index contributed by atoms with van der Waals surface area (Å²) in [6.45, 7) is 0. The van der Waals surface area contributed by atoms with Crippen molar-refractivity contribution in [1.29, 1.82) is 0 Å². The summed E-state index contributed by atoms with van der Waals surface area (Å²) in [4.78, 5) is 2.08. The topological polar surface area (TPSA) is 61.8 Å². The summed E-state index contributed by atoms with van der Waals surface area (Å²) in [5, 5.41) is 0. The van der Waals surface area contributed by atoms with E-state index in [2.05, 4.69) is 4.18 Å². The zero-order valence-electron chi connectivity index (χ0n) is 13.9. The monoisotopic (exact) mass is 388 g/mol. The van der Waals surface area contributed by atoms with Crippen LogP contribution in [0.2, 0.25) is 0 Å². The molecule has 0 saturated heterocycles. The van der Waals surface area contributed by atoms with Gasteiger partial charge in [-0.2, -0.15) is 12.0 Å². The van der Waals surface area contributed by atoms with Crippen LogP contribution in [-0.4, -0.2) is 15.5 Å². The highest BCUT2D eigenvalue weighted by molar-refractivity contribution is 8.33. The number of fused-ring (bicyclic) bond motifs is 2. The fraction of sp³-hybridized carbons (Fsp3) is 0.0526. The molecule has 7 heteroatoms. The molecule has 0 bridgehead atoms. The first-order valence-corrected chi connectivity index (χ1v) is 10.7. The minimum absolute atomic E-state index is 0.566. The molecule has 0 saturated carbocycles. The van der Waals surface area contributed by atoms with Gasteiger partial charge in [0.1, 0.15) is 11.5 Å². The maximum absolute atomic E-state index is 12.4. The van der Waals surface area contributed by atoms with E-state index in [4.69, 9.17) is 8.37 Å². The maximum Gasteiger partial charge on any atom is 0.409 e. The Labute approximate surface area is 154 Å². The number of hydrogen-bond acceptors (Lipinski definition) is 5. The van der Waals surface area contributed by atoms with Crippen molar-refractivity contribution in [1.82, 2.24) is 0 Å². The van der Waals surface area contributed by atoms with Crippen LogP contribution in [0.1, 0.15) is 0 Å². The molecule has 5 nitrogen and oxygen atoms in total. The maximum atomic E-state index is 12.4. The van der Waals surface area contributed by atoms with E-state index in [0.29, 0.717) is 21.3 Å². The van der Waals surface area contributed by atoms with Crippen LogP contribution in [0.4, 0.5) is 0 Å². The summed E-state index contributed by atoms with van der Waals surface area (Å²) < 4.78 is 41.3. The minimum Gasteiger partial charge on any atom is -0.455 e. The molecule has 134 valence electrons. The molecule has 0 radical (unpaired) electrons. The zero-order valence-corrected chi connectivity index (χ0v) is 15.5. The van der Waals surface area contributed by atoms with Gasteiger partial charge in [0.15, 0.2) is 0 Å². The molecule has 4 rings (SSSR count). The van der Waals surface area contributed by atoms with Gasteiger partial charge in [-0.25, -0.2) is 0 Å². The summed E-state index contributed by atoms with van der Waals surface area (Å²) in [6.07, 6.45) is 0. The van der Waals surface area contributed by atoms with Gasteiger partial charge in [-0.15, -0.1) is 0 Å². The number of hydrogen-bond donors (Lipinski definition) is 0. The fourth-order valence-corrected chi connectivity index (χ4v) is 7.65. The lowest BCUT2D eigenvalue weighted by Gasteiger charge is -2.42. The molecule has 1 aliphatic rings. The summed E-state index contributed by atoms with van der Waals surface area (Å²) in [6, 6.07) is 23.9. The molecule has 1 heterocycles. The zero-order chi connectivity index (χ0) is 18.2. The molecule has 0 atom stereocenters. The summed E-state index contributed by atoms with van der Waals surface area (Å²) in [7, 11) is -5.74. The van der Waals surface area contributed by atoms with Gasteiger partial charge in [0.25, 0.3) is 0 Å². The van der Waals surface area contributed by atoms with Crippen LogP contribution in [-0.2, 0) is 18.2 Å². The van der Waals surface area contributed by atoms with E-state index in [-0.39, 0.29) is 0 Å². The Morgan fingerprint density at radius 3 is 1.81 bits per heavy atom. The van der Waals surface area contributed by atoms with Crippen LogP contribution in [0.25, 0.3) is 0 Å². The second-order valence-electron chi connectivity index (χ2n) is 5.51. The Morgan fingerprint density at radius 2 is 1.27 bits per heavy atom. The average molecular weight is 388 g/mol. The summed E-state index contributed by atoms with van der Waals surface area (Å²) in [5.41, 5.74) is 0. The Morgan fingerprint density at radius 1 is 0.769 bits per heavy atom. The number of ether oxygens (including phenoxy) is 1. The van der Waals surface area contributed by atoms with Crippen LogP contribution in [0.15, 0.2) is 93.5 Å². The van der Waals surface area contributed by atoms with Crippen molar-refractivity contribution in [2.24, 2.45) is 0 Å². The molecular weight excluding hydrogens is 372 g/mol. The van der Waals surface area contributed by atoms with E-state index in [1.807, 2.05) is 66.7 Å². The number of benzene rings is 3. The third-order valence-electron chi connectivity index (χ3n) is 4.00. The summed E-state index contributed by atoms with van der Waals surface area (Å²) >= 11 is 0. The second kappa shape index (κ2) is 6.44. The fourth-order valence-electron chi connectivity index (χ4n) is 2.91. The first kappa shape index (κ1) is 17.1. The normalized spacial score (nSPS) is 16.0. The third-order valence-corrected chi connectivity index (χ3v) is 8.74. The van der Waals surface area contributed by atoms with E-state index >= 15 is 0 Å². The number of rotatable bonds is 4. The van der Waals surface area contributed by atoms with Crippen molar-refractivity contribution < 1.29 is 21.0 Å². The van der Waals surface area contributed by atoms with Crippen molar-refractivity contribution in [2.75, 3.05) is 7.11 Å². The van der Waals surface area contributed by atoms with E-state index in [0.717, 1.165) is 12.0 Å². The van der Waals surface area contributed by atoms with Crippen LogP contribution >= 0.6 is 10.3 Å². The van der Waals surface area contributed by atoms with Crippen LogP contribution < -0.4 is 4.74 Å². The smallest absolute Gasteiger partial charge is 0.409 e. The highest BCUT2D eigenvalue weighted by Gasteiger charge is 2.44. The van der Waals surface area contributed by atoms with Crippen molar-refractivity contribution in [3.05, 3.63) is 78.9 Å². The summed E-state index contributed by atoms with van der Waals surface area (Å²) in [5.74, 6) is 1.13. The molecule has 0 spiro atoms. The van der Waals surface area contributed by atoms with E-state index in [9.17, 15) is 8.42 Å². The molecule has 0 aromatic heterocycles. The lowest BCUT2D eigenvalue weighted by atomic mass is 10.3. The van der Waals surface area contributed by atoms with Crippen molar-refractivity contribution in [2.45, 2.75) is 14.7 Å². The van der Waals surface area contributed by atoms with Gasteiger partial charge in [0, 0.05) is 4.90 Å². The van der Waals surface area contributed by atoms with Gasteiger partial charge >= 0.3 is 10.4 Å². The van der Waals surface area contributed by atoms with Crippen LogP contribution in [0, 0.1) is 0 Å². The molecule has 0 amide bonds. The Balaban J connectivity index is 2.11. The van der Waals surface area contributed by atoms with Crippen LogP contribution in [0.3, 0.4) is 0 Å². The Hall–Kier alpha value is -2.32. The van der Waals surface area contributed by atoms with Gasteiger partial charge in [-0.05, 0) is 46.7 Å². The first-order chi connectivity index (χ1) is 12.6. The third kappa shape index (κ3) is 2.69. The van der Waals surface area contributed by atoms with Crippen molar-refractivity contribution >= 4 is 20.7 Å². The van der Waals surface area contributed by atoms with Gasteiger partial charge < -0.3 is 4.74 Å². The largest absolute Gasteiger partial charge is 0.455 e. The van der Waals surface area contributed by atoms with E-state index < -0.39 is 20.7 Å². The highest BCUT2D eigenvalue weighted by atomic mass is 32.3. The SMILES string of the molecule is COS(=O)(=O)OS1(c2ccccc2)c2ccccc2Oc2ccccc21. The average Bonchev–Trinajstić information content (AvgIpc) is 2.68. The standard InChI is InChI=1S/C19H16O5S2/c1-22-26(20,21)24-25(15-9-3-2-4-10-15)18-13-7-5-11-16(18)23-17-12-6-8-14-19(17)25/h2-14H,1H3. The lowest BCUT2D eigenvalue weighted by molar-refractivity contribution is 0.338. The minimum atomic E-state index is -4.23. The van der Waals surface area contributed by atoms with Gasteiger partial charge in [0.2, 0.25) is 0 Å². The first-order valence-electron chi connectivity index (χ1n) is 7.83. The quantitative estimate of drug-likeness (QED) is 0.636. The van der Waals surface area contributed by atoms with Crippen molar-refractivity contribution in [3.63, 3.8) is 0 Å². The highest BCUT2D eigenvalue weighted by Crippen LogP contribution is 2.75. The predicted molar refractivity (Wildman–Crippen MR) is 98.8 cm³/mol. The van der Waals surface area contributed by atoms with Crippen LogP contribution in [0.5, 0.6) is 11.5 Å². The molecule has 26 heavy (non-hydrogen) atoms. The molecule has 0 unspecified atom stereocenters. The lowest BCUT2D eigenvalue weighted by Crippen LogP contribution is -2.18.